The summed E-state index contributed by atoms with van der Waals surface area (Å²) in [5.41, 5.74) is 2.33. The first-order valence-corrected chi connectivity index (χ1v) is 8.09. The molecule has 3 rings (SSSR count). The van der Waals surface area contributed by atoms with Gasteiger partial charge in [-0.25, -0.2) is 4.79 Å². The van der Waals surface area contributed by atoms with Gasteiger partial charge in [-0.3, -0.25) is 14.7 Å². The minimum Gasteiger partial charge on any atom is -0.465 e. The number of carbonyl (C=O) groups excluding carboxylic acids is 1. The first-order valence-electron chi connectivity index (χ1n) is 7.34. The summed E-state index contributed by atoms with van der Waals surface area (Å²) in [7, 11) is 0. The summed E-state index contributed by atoms with van der Waals surface area (Å²) in [5, 5.41) is 12.0. The Bertz CT molecular complexity index is 883. The van der Waals surface area contributed by atoms with Crippen molar-refractivity contribution in [1.82, 2.24) is 5.32 Å². The summed E-state index contributed by atoms with van der Waals surface area (Å²) in [4.78, 5) is 29.0. The monoisotopic (exact) mass is 377 g/mol. The summed E-state index contributed by atoms with van der Waals surface area (Å²) in [6.07, 6.45) is -1.22. The molecule has 0 radical (unpaired) electrons. The molecule has 0 bridgehead atoms. The van der Waals surface area contributed by atoms with E-state index in [-0.39, 0.29) is 19.1 Å². The fraction of sp³-hybridized carbons (Fsp3) is 0.118. The van der Waals surface area contributed by atoms with Gasteiger partial charge in [0.25, 0.3) is 0 Å². The Morgan fingerprint density at radius 3 is 2.68 bits per heavy atom. The third-order valence-electron chi connectivity index (χ3n) is 3.70. The molecule has 2 aromatic rings. The molecule has 0 aliphatic carbocycles. The van der Waals surface area contributed by atoms with Crippen molar-refractivity contribution in [2.75, 3.05) is 18.1 Å². The van der Waals surface area contributed by atoms with Crippen LogP contribution in [0.1, 0.15) is 11.1 Å². The van der Waals surface area contributed by atoms with Crippen LogP contribution in [-0.4, -0.2) is 36.0 Å². The van der Waals surface area contributed by atoms with Gasteiger partial charge in [0.2, 0.25) is 5.91 Å². The molecule has 0 unspecified atom stereocenters. The fourth-order valence-electron chi connectivity index (χ4n) is 2.59. The Kier molecular flexibility index (Phi) is 4.92. The minimum atomic E-state index is -1.22. The molecule has 0 atom stereocenters. The van der Waals surface area contributed by atoms with Gasteiger partial charge < -0.3 is 10.4 Å². The van der Waals surface area contributed by atoms with Crippen molar-refractivity contribution < 1.29 is 14.7 Å². The van der Waals surface area contributed by atoms with E-state index >= 15 is 0 Å². The molecule has 0 spiro atoms. The predicted octanol–water partition coefficient (Wildman–Crippen LogP) is 3.40. The number of anilines is 1. The molecule has 2 N–H and O–H groups in total. The zero-order valence-corrected chi connectivity index (χ0v) is 14.4. The van der Waals surface area contributed by atoms with Crippen molar-refractivity contribution in [2.45, 2.75) is 0 Å². The molecule has 6 nitrogen and oxygen atoms in total. The number of aliphatic imine (C=N–C) groups is 1. The van der Waals surface area contributed by atoms with E-state index in [0.717, 1.165) is 0 Å². The molecule has 8 heteroatoms. The van der Waals surface area contributed by atoms with Crippen LogP contribution in [0.25, 0.3) is 0 Å². The Morgan fingerprint density at radius 2 is 1.96 bits per heavy atom. The largest absolute Gasteiger partial charge is 0.465 e. The number of nitrogens with zero attached hydrogens (tertiary/aromatic N) is 2. The first-order chi connectivity index (χ1) is 12.0. The molecule has 2 amide bonds. The van der Waals surface area contributed by atoms with Crippen LogP contribution < -0.4 is 10.2 Å². The third-order valence-corrected chi connectivity index (χ3v) is 4.26. The maximum atomic E-state index is 12.5. The standard InChI is InChI=1S/C17H13Cl2N3O3/c18-10-5-6-14-12(7-10)16(11-3-1-2-4-13(11)19)20-8-15(23)22(14)9-21-17(24)25/h1-7,21H,8-9H2,(H,24,25). The lowest BCUT2D eigenvalue weighted by Crippen LogP contribution is -2.42. The second-order valence-electron chi connectivity index (χ2n) is 5.27. The van der Waals surface area contributed by atoms with Crippen molar-refractivity contribution >= 4 is 46.6 Å². The molecule has 1 aliphatic rings. The van der Waals surface area contributed by atoms with E-state index < -0.39 is 6.09 Å². The van der Waals surface area contributed by atoms with Gasteiger partial charge >= 0.3 is 6.09 Å². The average Bonchev–Trinajstić information content (AvgIpc) is 2.70. The van der Waals surface area contributed by atoms with E-state index in [1.165, 1.54) is 4.90 Å². The number of rotatable bonds is 3. The number of carboxylic acid groups (broad SMARTS) is 1. The molecular formula is C17H13Cl2N3O3. The van der Waals surface area contributed by atoms with Crippen molar-refractivity contribution in [2.24, 2.45) is 4.99 Å². The minimum absolute atomic E-state index is 0.131. The van der Waals surface area contributed by atoms with Gasteiger partial charge in [0.05, 0.1) is 11.4 Å². The number of amides is 2. The van der Waals surface area contributed by atoms with Crippen LogP contribution in [-0.2, 0) is 4.79 Å². The number of hydrogen-bond acceptors (Lipinski definition) is 3. The van der Waals surface area contributed by atoms with E-state index in [9.17, 15) is 9.59 Å². The molecule has 0 fully saturated rings. The predicted molar refractivity (Wildman–Crippen MR) is 96.9 cm³/mol. The maximum Gasteiger partial charge on any atom is 0.406 e. The number of nitrogens with one attached hydrogen (secondary N) is 1. The number of halogens is 2. The third kappa shape index (κ3) is 3.60. The zero-order chi connectivity index (χ0) is 18.0. The van der Waals surface area contributed by atoms with Gasteiger partial charge in [-0.2, -0.15) is 0 Å². The molecule has 0 aromatic heterocycles. The average molecular weight is 378 g/mol. The van der Waals surface area contributed by atoms with Crippen LogP contribution >= 0.6 is 23.2 Å². The normalized spacial score (nSPS) is 13.8. The molecule has 1 heterocycles. The van der Waals surface area contributed by atoms with Gasteiger partial charge in [-0.15, -0.1) is 0 Å². The van der Waals surface area contributed by atoms with Crippen molar-refractivity contribution in [3.05, 3.63) is 63.6 Å². The van der Waals surface area contributed by atoms with E-state index in [2.05, 4.69) is 10.3 Å². The van der Waals surface area contributed by atoms with E-state index in [1.807, 2.05) is 12.1 Å². The fourth-order valence-corrected chi connectivity index (χ4v) is 2.99. The van der Waals surface area contributed by atoms with Crippen LogP contribution in [0.5, 0.6) is 0 Å². The maximum absolute atomic E-state index is 12.5. The Hall–Kier alpha value is -2.57. The molecule has 2 aromatic carbocycles. The highest BCUT2D eigenvalue weighted by molar-refractivity contribution is 6.37. The lowest BCUT2D eigenvalue weighted by atomic mass is 10.00. The van der Waals surface area contributed by atoms with Crippen molar-refractivity contribution in [3.63, 3.8) is 0 Å². The van der Waals surface area contributed by atoms with Crippen LogP contribution in [0.3, 0.4) is 0 Å². The van der Waals surface area contributed by atoms with Gasteiger partial charge in [-0.05, 0) is 24.3 Å². The van der Waals surface area contributed by atoms with Gasteiger partial charge in [0, 0.05) is 21.2 Å². The highest BCUT2D eigenvalue weighted by atomic mass is 35.5. The molecule has 128 valence electrons. The Labute approximate surface area is 153 Å². The van der Waals surface area contributed by atoms with Gasteiger partial charge in [0.15, 0.2) is 0 Å². The zero-order valence-electron chi connectivity index (χ0n) is 12.9. The van der Waals surface area contributed by atoms with E-state index in [1.54, 1.807) is 30.3 Å². The van der Waals surface area contributed by atoms with Crippen molar-refractivity contribution in [3.8, 4) is 0 Å². The van der Waals surface area contributed by atoms with E-state index in [4.69, 9.17) is 28.3 Å². The van der Waals surface area contributed by atoms with Crippen molar-refractivity contribution in [1.29, 1.82) is 0 Å². The first kappa shape index (κ1) is 17.3. The summed E-state index contributed by atoms with van der Waals surface area (Å²) < 4.78 is 0. The smallest absolute Gasteiger partial charge is 0.406 e. The quantitative estimate of drug-likeness (QED) is 0.859. The number of carbonyl (C=O) groups is 2. The van der Waals surface area contributed by atoms with Gasteiger partial charge in [-0.1, -0.05) is 41.4 Å². The summed E-state index contributed by atoms with van der Waals surface area (Å²) in [6, 6.07) is 12.2. The number of fused-ring (bicyclic) bond motifs is 1. The molecule has 0 saturated carbocycles. The topological polar surface area (TPSA) is 82.0 Å². The SMILES string of the molecule is O=C(O)NCN1C(=O)CN=C(c2ccccc2Cl)c2cc(Cl)ccc21. The molecule has 25 heavy (non-hydrogen) atoms. The molecule has 1 aliphatic heterocycles. The van der Waals surface area contributed by atoms with Gasteiger partial charge in [0.1, 0.15) is 13.2 Å². The Morgan fingerprint density at radius 1 is 1.20 bits per heavy atom. The number of hydrogen-bond donors (Lipinski definition) is 2. The highest BCUT2D eigenvalue weighted by Gasteiger charge is 2.26. The highest BCUT2D eigenvalue weighted by Crippen LogP contribution is 2.31. The van der Waals surface area contributed by atoms with Crippen LogP contribution in [0.4, 0.5) is 10.5 Å². The Balaban J connectivity index is 2.14. The lowest BCUT2D eigenvalue weighted by Gasteiger charge is -2.23. The summed E-state index contributed by atoms with van der Waals surface area (Å²) >= 11 is 12.4. The number of benzene rings is 2. The second-order valence-corrected chi connectivity index (χ2v) is 6.11. The van der Waals surface area contributed by atoms with E-state index in [0.29, 0.717) is 32.6 Å². The second kappa shape index (κ2) is 7.13. The lowest BCUT2D eigenvalue weighted by molar-refractivity contribution is -0.117. The molecule has 0 saturated heterocycles. The van der Waals surface area contributed by atoms with Crippen LogP contribution in [0.15, 0.2) is 47.5 Å². The number of benzodiazepines with no additional fused rings is 1. The summed E-state index contributed by atoms with van der Waals surface area (Å²) in [6.45, 7) is -0.317. The van der Waals surface area contributed by atoms with Crippen LogP contribution in [0, 0.1) is 0 Å². The summed E-state index contributed by atoms with van der Waals surface area (Å²) in [5.74, 6) is -0.334. The van der Waals surface area contributed by atoms with Crippen LogP contribution in [0.2, 0.25) is 10.0 Å². The molecular weight excluding hydrogens is 365 g/mol.